The van der Waals surface area contributed by atoms with Crippen LogP contribution in [0, 0.1) is 6.92 Å². The number of carbonyl (C=O) groups is 2. The molecule has 1 unspecified atom stereocenters. The second kappa shape index (κ2) is 11.6. The van der Waals surface area contributed by atoms with Crippen LogP contribution in [0.5, 0.6) is 5.75 Å². The van der Waals surface area contributed by atoms with Gasteiger partial charge in [-0.1, -0.05) is 41.9 Å². The van der Waals surface area contributed by atoms with E-state index in [-0.39, 0.29) is 31.6 Å². The monoisotopic (exact) mass is 446 g/mol. The second-order valence-electron chi connectivity index (χ2n) is 7.29. The Balaban J connectivity index is 1.35. The number of ether oxygens (including phenoxy) is 3. The molecule has 0 saturated carbocycles. The van der Waals surface area contributed by atoms with Crippen molar-refractivity contribution in [2.75, 3.05) is 32.8 Å². The summed E-state index contributed by atoms with van der Waals surface area (Å²) in [6.07, 6.45) is -0.551. The van der Waals surface area contributed by atoms with Gasteiger partial charge in [-0.25, -0.2) is 4.79 Å². The number of benzene rings is 2. The zero-order valence-electron chi connectivity index (χ0n) is 17.5. The summed E-state index contributed by atoms with van der Waals surface area (Å²) in [5.41, 5.74) is 1.85. The van der Waals surface area contributed by atoms with Gasteiger partial charge in [-0.3, -0.25) is 4.79 Å². The van der Waals surface area contributed by atoms with E-state index in [0.717, 1.165) is 11.1 Å². The lowest BCUT2D eigenvalue weighted by Crippen LogP contribution is -2.48. The Labute approximate surface area is 187 Å². The molecule has 1 aliphatic heterocycles. The second-order valence-corrected chi connectivity index (χ2v) is 7.70. The molecule has 1 fully saturated rings. The third kappa shape index (κ3) is 7.45. The van der Waals surface area contributed by atoms with Crippen LogP contribution < -0.4 is 10.1 Å². The van der Waals surface area contributed by atoms with Crippen molar-refractivity contribution in [1.29, 1.82) is 0 Å². The van der Waals surface area contributed by atoms with Crippen molar-refractivity contribution in [2.24, 2.45) is 0 Å². The van der Waals surface area contributed by atoms with E-state index in [4.69, 9.17) is 25.8 Å². The summed E-state index contributed by atoms with van der Waals surface area (Å²) in [6, 6.07) is 14.9. The minimum absolute atomic E-state index is 0.0426. The number of nitrogens with one attached hydrogen (secondary N) is 1. The molecule has 166 valence electrons. The molecule has 0 radical (unpaired) electrons. The maximum atomic E-state index is 12.5. The summed E-state index contributed by atoms with van der Waals surface area (Å²) in [5, 5.41) is 3.31. The number of carbonyl (C=O) groups excluding carboxylic acids is 2. The highest BCUT2D eigenvalue weighted by Crippen LogP contribution is 2.21. The molecule has 2 aromatic carbocycles. The van der Waals surface area contributed by atoms with Crippen LogP contribution in [0.4, 0.5) is 4.79 Å². The fraction of sp³-hybridized carbons (Fsp3) is 0.391. The standard InChI is InChI=1S/C23H27ClN2O5/c1-17-13-19(7-8-21(17)24)30-16-20-14-26(11-12-29-20)22(27)9-10-25-23(28)31-15-18-5-3-2-4-6-18/h2-8,13,20H,9-12,14-16H2,1H3,(H,25,28). The number of hydrogen-bond acceptors (Lipinski definition) is 5. The average Bonchev–Trinajstić information content (AvgIpc) is 2.79. The first kappa shape index (κ1) is 22.9. The first-order valence-corrected chi connectivity index (χ1v) is 10.6. The van der Waals surface area contributed by atoms with Crippen LogP contribution >= 0.6 is 11.6 Å². The van der Waals surface area contributed by atoms with Gasteiger partial charge in [-0.05, 0) is 36.2 Å². The molecule has 7 nitrogen and oxygen atoms in total. The van der Waals surface area contributed by atoms with Gasteiger partial charge < -0.3 is 24.4 Å². The molecule has 0 spiro atoms. The van der Waals surface area contributed by atoms with Gasteiger partial charge in [0.15, 0.2) is 0 Å². The minimum Gasteiger partial charge on any atom is -0.491 e. The van der Waals surface area contributed by atoms with Crippen molar-refractivity contribution in [3.8, 4) is 5.75 Å². The number of nitrogens with zero attached hydrogens (tertiary/aromatic N) is 1. The zero-order chi connectivity index (χ0) is 22.1. The molecular weight excluding hydrogens is 420 g/mol. The van der Waals surface area contributed by atoms with Crippen molar-refractivity contribution in [3.05, 3.63) is 64.7 Å². The van der Waals surface area contributed by atoms with E-state index in [1.165, 1.54) is 0 Å². The van der Waals surface area contributed by atoms with Crippen molar-refractivity contribution in [1.82, 2.24) is 10.2 Å². The molecule has 1 atom stereocenters. The van der Waals surface area contributed by atoms with Gasteiger partial charge in [0.05, 0.1) is 13.2 Å². The Morgan fingerprint density at radius 1 is 1.23 bits per heavy atom. The summed E-state index contributed by atoms with van der Waals surface area (Å²) < 4.78 is 16.6. The fourth-order valence-electron chi connectivity index (χ4n) is 3.15. The average molecular weight is 447 g/mol. The molecule has 1 N–H and O–H groups in total. The molecule has 2 aromatic rings. The Morgan fingerprint density at radius 3 is 2.81 bits per heavy atom. The number of morpholine rings is 1. The SMILES string of the molecule is Cc1cc(OCC2CN(C(=O)CCNC(=O)OCc3ccccc3)CCO2)ccc1Cl. The molecular formula is C23H27ClN2O5. The van der Waals surface area contributed by atoms with E-state index >= 15 is 0 Å². The van der Waals surface area contributed by atoms with Gasteiger partial charge in [-0.15, -0.1) is 0 Å². The Bertz CT molecular complexity index is 878. The van der Waals surface area contributed by atoms with E-state index in [0.29, 0.717) is 37.1 Å². The summed E-state index contributed by atoms with van der Waals surface area (Å²) >= 11 is 6.03. The first-order chi connectivity index (χ1) is 15.0. The number of alkyl carbamates (subject to hydrolysis) is 1. The van der Waals surface area contributed by atoms with Crippen LogP contribution in [0.1, 0.15) is 17.5 Å². The van der Waals surface area contributed by atoms with Crippen molar-refractivity contribution in [2.45, 2.75) is 26.1 Å². The normalized spacial score (nSPS) is 15.9. The summed E-state index contributed by atoms with van der Waals surface area (Å²) in [6.45, 7) is 4.09. The number of hydrogen-bond donors (Lipinski definition) is 1. The maximum Gasteiger partial charge on any atom is 0.407 e. The lowest BCUT2D eigenvalue weighted by atomic mass is 10.2. The number of rotatable bonds is 8. The van der Waals surface area contributed by atoms with Crippen LogP contribution in [0.25, 0.3) is 0 Å². The molecule has 3 rings (SSSR count). The maximum absolute atomic E-state index is 12.5. The van der Waals surface area contributed by atoms with E-state index in [2.05, 4.69) is 5.32 Å². The predicted octanol–water partition coefficient (Wildman–Crippen LogP) is 3.57. The highest BCUT2D eigenvalue weighted by Gasteiger charge is 2.24. The van der Waals surface area contributed by atoms with E-state index < -0.39 is 6.09 Å². The van der Waals surface area contributed by atoms with Gasteiger partial charge in [0.2, 0.25) is 5.91 Å². The van der Waals surface area contributed by atoms with E-state index in [9.17, 15) is 9.59 Å². The van der Waals surface area contributed by atoms with E-state index in [1.807, 2.05) is 49.4 Å². The molecule has 0 aromatic heterocycles. The molecule has 1 aliphatic rings. The van der Waals surface area contributed by atoms with Gasteiger partial charge in [0, 0.05) is 24.5 Å². The fourth-order valence-corrected chi connectivity index (χ4v) is 3.26. The largest absolute Gasteiger partial charge is 0.491 e. The third-order valence-electron chi connectivity index (χ3n) is 4.88. The van der Waals surface area contributed by atoms with Crippen molar-refractivity contribution >= 4 is 23.6 Å². The molecule has 2 amide bonds. The Morgan fingerprint density at radius 2 is 2.03 bits per heavy atom. The molecule has 31 heavy (non-hydrogen) atoms. The van der Waals surface area contributed by atoms with Crippen LogP contribution in [0.3, 0.4) is 0 Å². The summed E-state index contributed by atoms with van der Waals surface area (Å²) in [5.74, 6) is 0.672. The lowest BCUT2D eigenvalue weighted by Gasteiger charge is -2.33. The first-order valence-electron chi connectivity index (χ1n) is 10.2. The smallest absolute Gasteiger partial charge is 0.407 e. The van der Waals surface area contributed by atoms with Crippen LogP contribution in [-0.4, -0.2) is 55.9 Å². The van der Waals surface area contributed by atoms with Gasteiger partial charge in [0.1, 0.15) is 25.1 Å². The molecule has 1 saturated heterocycles. The number of amides is 2. The van der Waals surface area contributed by atoms with Crippen LogP contribution in [0.15, 0.2) is 48.5 Å². The van der Waals surface area contributed by atoms with Gasteiger partial charge in [-0.2, -0.15) is 0 Å². The molecule has 1 heterocycles. The Kier molecular flexibility index (Phi) is 8.55. The third-order valence-corrected chi connectivity index (χ3v) is 5.30. The predicted molar refractivity (Wildman–Crippen MR) is 117 cm³/mol. The Hall–Kier alpha value is -2.77. The molecule has 0 aliphatic carbocycles. The molecule has 0 bridgehead atoms. The topological polar surface area (TPSA) is 77.1 Å². The zero-order valence-corrected chi connectivity index (χ0v) is 18.3. The number of aryl methyl sites for hydroxylation is 1. The van der Waals surface area contributed by atoms with Crippen molar-refractivity contribution in [3.63, 3.8) is 0 Å². The summed E-state index contributed by atoms with van der Waals surface area (Å²) in [4.78, 5) is 26.0. The number of halogens is 1. The van der Waals surface area contributed by atoms with E-state index in [1.54, 1.807) is 11.0 Å². The quantitative estimate of drug-likeness (QED) is 0.670. The van der Waals surface area contributed by atoms with Crippen LogP contribution in [0.2, 0.25) is 5.02 Å². The summed E-state index contributed by atoms with van der Waals surface area (Å²) in [7, 11) is 0. The molecule has 8 heteroatoms. The van der Waals surface area contributed by atoms with Gasteiger partial charge in [0.25, 0.3) is 0 Å². The van der Waals surface area contributed by atoms with Gasteiger partial charge >= 0.3 is 6.09 Å². The van der Waals surface area contributed by atoms with Crippen molar-refractivity contribution < 1.29 is 23.8 Å². The lowest BCUT2D eigenvalue weighted by molar-refractivity contribution is -0.139. The highest BCUT2D eigenvalue weighted by molar-refractivity contribution is 6.31. The minimum atomic E-state index is -0.539. The highest BCUT2D eigenvalue weighted by atomic mass is 35.5. The van der Waals surface area contributed by atoms with Crippen LogP contribution in [-0.2, 0) is 20.9 Å².